The van der Waals surface area contributed by atoms with Gasteiger partial charge < -0.3 is 10.1 Å². The second-order valence-corrected chi connectivity index (χ2v) is 4.56. The second-order valence-electron chi connectivity index (χ2n) is 4.13. The molecule has 0 aliphatic heterocycles. The van der Waals surface area contributed by atoms with Crippen molar-refractivity contribution in [1.82, 2.24) is 5.32 Å². The van der Waals surface area contributed by atoms with Gasteiger partial charge in [-0.05, 0) is 31.2 Å². The second kappa shape index (κ2) is 6.30. The Labute approximate surface area is 118 Å². The third-order valence-corrected chi connectivity index (χ3v) is 3.04. The maximum absolute atomic E-state index is 5.97. The first kappa shape index (κ1) is 13.5. The number of hydrogen-bond donors (Lipinski definition) is 1. The van der Waals surface area contributed by atoms with Crippen LogP contribution >= 0.6 is 11.6 Å². The first-order chi connectivity index (χ1) is 9.20. The number of rotatable bonds is 4. The van der Waals surface area contributed by atoms with Crippen molar-refractivity contribution in [3.63, 3.8) is 0 Å². The van der Waals surface area contributed by atoms with E-state index in [1.807, 2.05) is 68.6 Å². The molecule has 0 aromatic heterocycles. The van der Waals surface area contributed by atoms with Crippen molar-refractivity contribution in [1.29, 1.82) is 0 Å². The summed E-state index contributed by atoms with van der Waals surface area (Å²) in [5.41, 5.74) is 2.01. The maximum Gasteiger partial charge on any atom is 0.153 e. The van der Waals surface area contributed by atoms with E-state index in [1.165, 1.54) is 0 Å². The molecule has 2 nitrogen and oxygen atoms in total. The molecular formula is C16H16ClNO. The van der Waals surface area contributed by atoms with E-state index in [9.17, 15) is 0 Å². The molecule has 0 saturated carbocycles. The number of benzene rings is 2. The summed E-state index contributed by atoms with van der Waals surface area (Å²) in [5, 5.41) is 3.82. The molecule has 2 aromatic rings. The minimum Gasteiger partial charge on any atom is -0.455 e. The summed E-state index contributed by atoms with van der Waals surface area (Å²) in [7, 11) is 1.88. The van der Waals surface area contributed by atoms with Crippen LogP contribution in [0.4, 0.5) is 0 Å². The predicted molar refractivity (Wildman–Crippen MR) is 80.2 cm³/mol. The summed E-state index contributed by atoms with van der Waals surface area (Å²) in [6.07, 6.45) is 0. The Balaban J connectivity index is 2.33. The molecule has 0 unspecified atom stereocenters. The Hall–Kier alpha value is -1.93. The Bertz CT molecular complexity index is 561. The van der Waals surface area contributed by atoms with Gasteiger partial charge in [0.25, 0.3) is 0 Å². The topological polar surface area (TPSA) is 21.3 Å². The van der Waals surface area contributed by atoms with Crippen LogP contribution in [0.3, 0.4) is 0 Å². The molecule has 0 aliphatic carbocycles. The Morgan fingerprint density at radius 1 is 1.00 bits per heavy atom. The molecule has 1 N–H and O–H groups in total. The zero-order valence-electron chi connectivity index (χ0n) is 11.0. The molecule has 0 bridgehead atoms. The lowest BCUT2D eigenvalue weighted by Crippen LogP contribution is -2.09. The summed E-state index contributed by atoms with van der Waals surface area (Å²) in [6, 6.07) is 17.3. The van der Waals surface area contributed by atoms with Crippen molar-refractivity contribution < 1.29 is 4.74 Å². The number of allylic oxidation sites excluding steroid dienone is 1. The van der Waals surface area contributed by atoms with Gasteiger partial charge in [0.1, 0.15) is 5.75 Å². The van der Waals surface area contributed by atoms with Crippen molar-refractivity contribution in [2.75, 3.05) is 7.05 Å². The van der Waals surface area contributed by atoms with E-state index in [0.717, 1.165) is 22.8 Å². The van der Waals surface area contributed by atoms with Crippen LogP contribution in [0, 0.1) is 0 Å². The first-order valence-corrected chi connectivity index (χ1v) is 6.46. The molecular weight excluding hydrogens is 258 g/mol. The average molecular weight is 274 g/mol. The standard InChI is InChI=1S/C16H16ClNO/c1-12(18-2)16(13-6-4-3-5-7-13)19-15-10-8-14(17)9-11-15/h3-11,18H,1-2H3. The highest BCUT2D eigenvalue weighted by Gasteiger charge is 2.08. The van der Waals surface area contributed by atoms with Gasteiger partial charge in [-0.1, -0.05) is 41.9 Å². The van der Waals surface area contributed by atoms with Crippen LogP contribution < -0.4 is 10.1 Å². The van der Waals surface area contributed by atoms with Crippen molar-refractivity contribution >= 4 is 17.4 Å². The highest BCUT2D eigenvalue weighted by molar-refractivity contribution is 6.30. The fourth-order valence-electron chi connectivity index (χ4n) is 1.68. The molecule has 98 valence electrons. The molecule has 0 radical (unpaired) electrons. The van der Waals surface area contributed by atoms with E-state index in [-0.39, 0.29) is 0 Å². The highest BCUT2D eigenvalue weighted by Crippen LogP contribution is 2.24. The van der Waals surface area contributed by atoms with Crippen molar-refractivity contribution in [2.45, 2.75) is 6.92 Å². The molecule has 2 aromatic carbocycles. The number of hydrogen-bond acceptors (Lipinski definition) is 2. The minimum absolute atomic E-state index is 0.697. The first-order valence-electron chi connectivity index (χ1n) is 6.08. The van der Waals surface area contributed by atoms with Gasteiger partial charge in [-0.15, -0.1) is 0 Å². The number of nitrogens with one attached hydrogen (secondary N) is 1. The Morgan fingerprint density at radius 3 is 2.21 bits per heavy atom. The van der Waals surface area contributed by atoms with E-state index in [4.69, 9.17) is 16.3 Å². The number of halogens is 1. The SMILES string of the molecule is CNC(C)=C(Oc1ccc(Cl)cc1)c1ccccc1. The van der Waals surface area contributed by atoms with Gasteiger partial charge in [-0.25, -0.2) is 0 Å². The van der Waals surface area contributed by atoms with Crippen LogP contribution in [-0.2, 0) is 0 Å². The van der Waals surface area contributed by atoms with Crippen LogP contribution in [0.2, 0.25) is 5.02 Å². The molecule has 2 rings (SSSR count). The summed E-state index contributed by atoms with van der Waals surface area (Å²) in [5.74, 6) is 1.57. The van der Waals surface area contributed by atoms with E-state index >= 15 is 0 Å². The predicted octanol–water partition coefficient (Wildman–Crippen LogP) is 4.33. The molecule has 19 heavy (non-hydrogen) atoms. The summed E-state index contributed by atoms with van der Waals surface area (Å²) >= 11 is 5.88. The molecule has 3 heteroatoms. The van der Waals surface area contributed by atoms with Gasteiger partial charge in [0.05, 0.1) is 5.70 Å². The third-order valence-electron chi connectivity index (χ3n) is 2.79. The minimum atomic E-state index is 0.697. The summed E-state index contributed by atoms with van der Waals surface area (Å²) in [4.78, 5) is 0. The van der Waals surface area contributed by atoms with E-state index in [2.05, 4.69) is 5.32 Å². The molecule has 0 amide bonds. The Morgan fingerprint density at radius 2 is 1.63 bits per heavy atom. The van der Waals surface area contributed by atoms with Crippen molar-refractivity contribution in [3.05, 3.63) is 70.9 Å². The smallest absolute Gasteiger partial charge is 0.153 e. The largest absolute Gasteiger partial charge is 0.455 e. The van der Waals surface area contributed by atoms with Crippen molar-refractivity contribution in [2.24, 2.45) is 0 Å². The zero-order chi connectivity index (χ0) is 13.7. The highest BCUT2D eigenvalue weighted by atomic mass is 35.5. The van der Waals surface area contributed by atoms with Gasteiger partial charge >= 0.3 is 0 Å². The molecule has 0 heterocycles. The fourth-order valence-corrected chi connectivity index (χ4v) is 1.80. The molecule has 0 atom stereocenters. The van der Waals surface area contributed by atoms with Crippen molar-refractivity contribution in [3.8, 4) is 5.75 Å². The lowest BCUT2D eigenvalue weighted by molar-refractivity contribution is 0.506. The molecule has 0 fully saturated rings. The normalized spacial score (nSPS) is 11.7. The maximum atomic E-state index is 5.97. The van der Waals surface area contributed by atoms with E-state index in [0.29, 0.717) is 5.02 Å². The van der Waals surface area contributed by atoms with Crippen LogP contribution in [0.5, 0.6) is 5.75 Å². The van der Waals surface area contributed by atoms with Crippen LogP contribution in [-0.4, -0.2) is 7.05 Å². The monoisotopic (exact) mass is 273 g/mol. The van der Waals surface area contributed by atoms with Gasteiger partial charge in [0.2, 0.25) is 0 Å². The Kier molecular flexibility index (Phi) is 4.48. The molecule has 0 aliphatic rings. The van der Waals surface area contributed by atoms with E-state index in [1.54, 1.807) is 0 Å². The number of ether oxygens (including phenoxy) is 1. The zero-order valence-corrected chi connectivity index (χ0v) is 11.7. The lowest BCUT2D eigenvalue weighted by Gasteiger charge is -2.14. The van der Waals surface area contributed by atoms with Gasteiger partial charge in [-0.3, -0.25) is 0 Å². The van der Waals surface area contributed by atoms with Gasteiger partial charge in [-0.2, -0.15) is 0 Å². The quantitative estimate of drug-likeness (QED) is 0.838. The summed E-state index contributed by atoms with van der Waals surface area (Å²) in [6.45, 7) is 1.98. The molecule has 0 saturated heterocycles. The van der Waals surface area contributed by atoms with Crippen LogP contribution in [0.25, 0.3) is 5.76 Å². The summed E-state index contributed by atoms with van der Waals surface area (Å²) < 4.78 is 5.97. The average Bonchev–Trinajstić information content (AvgIpc) is 2.47. The van der Waals surface area contributed by atoms with Gasteiger partial charge in [0.15, 0.2) is 5.76 Å². The fraction of sp³-hybridized carbons (Fsp3) is 0.125. The van der Waals surface area contributed by atoms with Gasteiger partial charge in [0, 0.05) is 17.6 Å². The van der Waals surface area contributed by atoms with E-state index < -0.39 is 0 Å². The molecule has 0 spiro atoms. The third kappa shape index (κ3) is 3.52. The van der Waals surface area contributed by atoms with Crippen LogP contribution in [0.15, 0.2) is 60.3 Å². The lowest BCUT2D eigenvalue weighted by atomic mass is 10.1. The van der Waals surface area contributed by atoms with Crippen LogP contribution in [0.1, 0.15) is 12.5 Å².